The number of hydrogen-bond acceptors (Lipinski definition) is 12. The average molecular weight is 915 g/mol. The second kappa shape index (κ2) is 36.8. The SMILES string of the molecule is CC(O)O.CCO[P+]([S-])([S-])OCC.CCO[P+]([S-])([S-])OCC.C[S-].Cc1ccc([N+]#[Mo])cc1.Cc1ccc([N+]#[Mo])cc1.[SH-]. The van der Waals surface area contributed by atoms with Gasteiger partial charge in [-0.15, -0.1) is 0 Å². The van der Waals surface area contributed by atoms with Crippen molar-refractivity contribution in [1.82, 2.24) is 0 Å². The van der Waals surface area contributed by atoms with Crippen LogP contribution in [0.1, 0.15) is 45.7 Å². The zero-order valence-corrected chi connectivity index (χ0v) is 36.4. The summed E-state index contributed by atoms with van der Waals surface area (Å²) in [5.74, 6) is 0. The molecule has 0 unspecified atom stereocenters. The third-order valence-corrected chi connectivity index (χ3v) is 9.29. The first-order chi connectivity index (χ1) is 19.6. The summed E-state index contributed by atoms with van der Waals surface area (Å²) in [5.41, 5.74) is 4.66. The van der Waals surface area contributed by atoms with E-state index in [1.165, 1.54) is 18.1 Å². The van der Waals surface area contributed by atoms with E-state index in [9.17, 15) is 0 Å². The van der Waals surface area contributed by atoms with Gasteiger partial charge in [0.2, 0.25) is 0 Å². The van der Waals surface area contributed by atoms with Gasteiger partial charge in [-0.2, -0.15) is 6.26 Å². The number of aliphatic hydroxyl groups excluding tert-OH is 1. The average Bonchev–Trinajstić information content (AvgIpc) is 2.91. The Labute approximate surface area is 316 Å². The predicted molar refractivity (Wildman–Crippen MR) is 194 cm³/mol. The topological polar surface area (TPSA) is 86.1 Å². The normalized spacial score (nSPS) is 9.53. The number of aryl methyl sites for hydroxylation is 2. The fourth-order valence-electron chi connectivity index (χ4n) is 1.92. The molecule has 0 radical (unpaired) electrons. The third kappa shape index (κ3) is 44.0. The summed E-state index contributed by atoms with van der Waals surface area (Å²) in [6, 6.07) is 16.3. The van der Waals surface area contributed by atoms with Crippen LogP contribution < -0.4 is 0 Å². The van der Waals surface area contributed by atoms with Crippen LogP contribution in [0.15, 0.2) is 48.5 Å². The molecule has 2 aromatic carbocycles. The van der Waals surface area contributed by atoms with Gasteiger partial charge in [0.05, 0.1) is 26.4 Å². The minimum absolute atomic E-state index is 0. The predicted octanol–water partition coefficient (Wildman–Crippen LogP) is 7.80. The quantitative estimate of drug-likeness (QED) is 0.0892. The van der Waals surface area contributed by atoms with Crippen molar-refractivity contribution in [3.8, 4) is 0 Å². The fourth-order valence-corrected chi connectivity index (χ4v) is 6.46. The number of hydrogen-bond donors (Lipinski definition) is 2. The van der Waals surface area contributed by atoms with Crippen LogP contribution in [-0.4, -0.2) is 49.2 Å². The maximum absolute atomic E-state index is 7.61. The maximum atomic E-state index is 7.61. The minimum Gasteiger partial charge on any atom is -0.813 e. The van der Waals surface area contributed by atoms with Gasteiger partial charge in [0.15, 0.2) is 0 Å². The Hall–Kier alpha value is 1.96. The van der Waals surface area contributed by atoms with Crippen LogP contribution in [0.3, 0.4) is 0 Å². The van der Waals surface area contributed by atoms with Crippen LogP contribution in [0.25, 0.3) is 6.62 Å². The van der Waals surface area contributed by atoms with Gasteiger partial charge in [0.25, 0.3) is 0 Å². The summed E-state index contributed by atoms with van der Waals surface area (Å²) < 4.78 is 28.0. The van der Waals surface area contributed by atoms with Gasteiger partial charge in [0.1, 0.15) is 6.29 Å². The molecule has 0 bridgehead atoms. The van der Waals surface area contributed by atoms with Crippen LogP contribution in [0.5, 0.6) is 0 Å². The van der Waals surface area contributed by atoms with E-state index in [-0.39, 0.29) is 13.5 Å². The Morgan fingerprint density at radius 1 is 0.628 bits per heavy atom. The summed E-state index contributed by atoms with van der Waals surface area (Å²) in [6.45, 7) is 15.0. The Balaban J connectivity index is -0.000000139. The van der Waals surface area contributed by atoms with Crippen molar-refractivity contribution in [3.63, 3.8) is 0 Å². The van der Waals surface area contributed by atoms with Crippen molar-refractivity contribution >= 4 is 98.7 Å². The van der Waals surface area contributed by atoms with E-state index < -0.39 is 18.5 Å². The first-order valence-electron chi connectivity index (χ1n) is 12.4. The Morgan fingerprint density at radius 2 is 0.814 bits per heavy atom. The van der Waals surface area contributed by atoms with Gasteiger partial charge in [0, 0.05) is 12.2 Å². The Bertz CT molecular complexity index is 878. The van der Waals surface area contributed by atoms with Crippen LogP contribution in [-0.2, 0) is 132 Å². The third-order valence-electron chi connectivity index (χ3n) is 3.43. The van der Waals surface area contributed by atoms with Crippen molar-refractivity contribution < 1.29 is 67.2 Å². The molecule has 0 aromatic heterocycles. The van der Waals surface area contributed by atoms with E-state index in [1.54, 1.807) is 45.2 Å². The Kier molecular flexibility index (Phi) is 46.5. The molecule has 0 atom stereocenters. The van der Waals surface area contributed by atoms with Gasteiger partial charge >= 0.3 is 130 Å². The molecule has 250 valence electrons. The molecular formula is C25H44Mo2N2O6P2S6-2. The van der Waals surface area contributed by atoms with Gasteiger partial charge < -0.3 is 85.3 Å². The van der Waals surface area contributed by atoms with Crippen molar-refractivity contribution in [2.24, 2.45) is 0 Å². The summed E-state index contributed by atoms with van der Waals surface area (Å²) in [6.07, 6.45) is -4.14. The molecule has 0 fully saturated rings. The van der Waals surface area contributed by atoms with E-state index in [2.05, 4.69) is 57.4 Å². The zero-order valence-electron chi connectivity index (χ0n) is 25.6. The number of rotatable bonds is 8. The van der Waals surface area contributed by atoms with Crippen molar-refractivity contribution in [2.45, 2.75) is 54.8 Å². The van der Waals surface area contributed by atoms with E-state index >= 15 is 0 Å². The second-order valence-electron chi connectivity index (χ2n) is 7.05. The van der Waals surface area contributed by atoms with Crippen molar-refractivity contribution in [2.75, 3.05) is 32.7 Å². The molecule has 18 heteroatoms. The molecule has 0 aliphatic rings. The van der Waals surface area contributed by atoms with Crippen LogP contribution in [0.4, 0.5) is 11.4 Å². The van der Waals surface area contributed by atoms with Gasteiger partial charge in [-0.25, -0.2) is 0 Å². The molecule has 0 amide bonds. The number of nitrogens with zero attached hydrogens (tertiary/aromatic N) is 2. The fraction of sp³-hybridized carbons (Fsp3) is 0.520. The molecule has 2 rings (SSSR count). The zero-order chi connectivity index (χ0) is 33.6. The molecule has 0 aliphatic heterocycles. The summed E-state index contributed by atoms with van der Waals surface area (Å²) in [4.78, 5) is 0. The first kappa shape index (κ1) is 54.4. The number of thiol groups is 1. The van der Waals surface area contributed by atoms with Crippen LogP contribution >= 0.6 is 12.2 Å². The molecule has 0 heterocycles. The monoisotopic (exact) mass is 918 g/mol. The number of benzene rings is 2. The largest absolute Gasteiger partial charge is 0.813 e. The molecule has 0 aliphatic carbocycles. The molecule has 2 N–H and O–H groups in total. The van der Waals surface area contributed by atoms with E-state index in [0.29, 0.717) is 26.4 Å². The van der Waals surface area contributed by atoms with E-state index in [1.807, 2.05) is 52.0 Å². The molecular weight excluding hydrogens is 871 g/mol. The molecule has 43 heavy (non-hydrogen) atoms. The second-order valence-corrected chi connectivity index (χ2v) is 17.9. The summed E-state index contributed by atoms with van der Waals surface area (Å²) in [5, 5.41) is 15.2. The first-order valence-corrected chi connectivity index (χ1v) is 22.3. The van der Waals surface area contributed by atoms with E-state index in [4.69, 9.17) is 77.3 Å². The van der Waals surface area contributed by atoms with Gasteiger partial charge in [-0.05, 0) is 34.6 Å². The molecule has 0 saturated carbocycles. The summed E-state index contributed by atoms with van der Waals surface area (Å²) in [7, 11) is 0. The van der Waals surface area contributed by atoms with Crippen LogP contribution in [0.2, 0.25) is 0 Å². The van der Waals surface area contributed by atoms with Crippen molar-refractivity contribution in [1.29, 1.82) is 0 Å². The minimum atomic E-state index is -2.28. The van der Waals surface area contributed by atoms with Gasteiger partial charge in [-0.1, -0.05) is 0 Å². The smallest absolute Gasteiger partial charge is 0.813 e. The maximum Gasteiger partial charge on any atom is -0.813 e. The van der Waals surface area contributed by atoms with Crippen LogP contribution in [0, 0.1) is 13.8 Å². The summed E-state index contributed by atoms with van der Waals surface area (Å²) >= 11 is 26.8. The molecule has 0 saturated heterocycles. The molecule has 8 nitrogen and oxygen atoms in total. The molecule has 0 spiro atoms. The molecule has 2 aromatic rings. The van der Waals surface area contributed by atoms with Crippen molar-refractivity contribution in [3.05, 3.63) is 66.3 Å². The Morgan fingerprint density at radius 3 is 0.953 bits per heavy atom. The number of aliphatic hydroxyl groups is 2. The standard InChI is InChI=1S/2C7H7N.2C4H11O2PS2.C2H6O2.CH4S.2Mo.H2S/c2*1-6-2-4-7(8)5-3-6;2*1-3-5-7(8,9)6-4-2;1-2(3)4;1-2;;;/h2*2-5H,1H3;2*3-4H2,1-2H3,(H,8,9);2-4H,1H3;2H,1H3;;;1H2/q2*+1;;;;;;;/p-4. The van der Waals surface area contributed by atoms with E-state index in [0.717, 1.165) is 11.4 Å². The van der Waals surface area contributed by atoms with Gasteiger partial charge in [-0.3, -0.25) is 18.1 Å².